The molecule has 38 heavy (non-hydrogen) atoms. The van der Waals surface area contributed by atoms with Crippen molar-refractivity contribution in [3.8, 4) is 0 Å². The molecule has 1 aromatic carbocycles. The average molecular weight is 514 g/mol. The van der Waals surface area contributed by atoms with Crippen LogP contribution in [0.1, 0.15) is 71.5 Å². The van der Waals surface area contributed by atoms with Crippen LogP contribution in [0.5, 0.6) is 0 Å². The zero-order valence-electron chi connectivity index (χ0n) is 21.7. The van der Waals surface area contributed by atoms with Crippen LogP contribution >= 0.6 is 0 Å². The van der Waals surface area contributed by atoms with E-state index in [0.717, 1.165) is 34.5 Å². The quantitative estimate of drug-likeness (QED) is 0.520. The summed E-state index contributed by atoms with van der Waals surface area (Å²) in [5, 5.41) is 10.1. The minimum Gasteiger partial charge on any atom is -0.388 e. The average Bonchev–Trinajstić information content (AvgIpc) is 3.19. The summed E-state index contributed by atoms with van der Waals surface area (Å²) in [7, 11) is 0. The number of ether oxygens (including phenoxy) is 1. The number of morpholine rings is 1. The summed E-state index contributed by atoms with van der Waals surface area (Å²) in [5.74, 6) is 1.62. The highest BCUT2D eigenvalue weighted by atomic mass is 16.5. The topological polar surface area (TPSA) is 106 Å². The molecular formula is C30H35N5O3. The molecule has 1 aliphatic heterocycles. The molecule has 3 aliphatic rings. The molecule has 0 bridgehead atoms. The zero-order chi connectivity index (χ0) is 26.1. The number of amides is 1. The number of hydrogen-bond acceptors (Lipinski definition) is 6. The Morgan fingerprint density at radius 3 is 2.74 bits per heavy atom. The zero-order valence-corrected chi connectivity index (χ0v) is 21.7. The molecule has 0 unspecified atom stereocenters. The van der Waals surface area contributed by atoms with Gasteiger partial charge in [-0.3, -0.25) is 4.79 Å². The lowest BCUT2D eigenvalue weighted by Crippen LogP contribution is -2.40. The number of carbonyl (C=O) groups is 1. The molecule has 0 atom stereocenters. The summed E-state index contributed by atoms with van der Waals surface area (Å²) in [6.07, 6.45) is 13.3. The Bertz CT molecular complexity index is 1410. The maximum absolute atomic E-state index is 13.1. The molecule has 1 amide bonds. The van der Waals surface area contributed by atoms with Gasteiger partial charge in [-0.2, -0.15) is 0 Å². The first kappa shape index (κ1) is 24.8. The number of carbonyl (C=O) groups excluding carboxylic acids is 1. The number of aliphatic hydroxyl groups is 1. The molecule has 8 heteroatoms. The fourth-order valence-corrected chi connectivity index (χ4v) is 6.06. The number of aliphatic hydroxyl groups excluding tert-OH is 1. The van der Waals surface area contributed by atoms with Gasteiger partial charge in [-0.25, -0.2) is 9.97 Å². The van der Waals surface area contributed by atoms with Crippen LogP contribution in [0.2, 0.25) is 0 Å². The molecule has 1 saturated carbocycles. The van der Waals surface area contributed by atoms with E-state index in [-0.39, 0.29) is 12.5 Å². The van der Waals surface area contributed by atoms with Gasteiger partial charge in [0.25, 0.3) is 5.91 Å². The van der Waals surface area contributed by atoms with Crippen LogP contribution < -0.4 is 5.73 Å². The van der Waals surface area contributed by atoms with Crippen LogP contribution in [-0.4, -0.2) is 56.8 Å². The number of rotatable bonds is 5. The van der Waals surface area contributed by atoms with E-state index in [2.05, 4.69) is 22.8 Å². The van der Waals surface area contributed by atoms with Crippen molar-refractivity contribution >= 4 is 40.5 Å². The lowest BCUT2D eigenvalue weighted by Gasteiger charge is -2.27. The molecule has 3 N–H and O–H groups in total. The van der Waals surface area contributed by atoms with Gasteiger partial charge in [-0.15, -0.1) is 0 Å². The molecule has 1 saturated heterocycles. The fourth-order valence-electron chi connectivity index (χ4n) is 6.06. The molecule has 2 fully saturated rings. The molecule has 3 heterocycles. The summed E-state index contributed by atoms with van der Waals surface area (Å²) >= 11 is 0. The molecule has 2 aromatic heterocycles. The number of nitrogens with two attached hydrogens (primary N) is 1. The number of nitrogens with zero attached hydrogens (tertiary/aromatic N) is 4. The predicted molar refractivity (Wildman–Crippen MR) is 149 cm³/mol. The summed E-state index contributed by atoms with van der Waals surface area (Å²) < 4.78 is 7.58. The van der Waals surface area contributed by atoms with Gasteiger partial charge in [0, 0.05) is 30.8 Å². The van der Waals surface area contributed by atoms with Crippen molar-refractivity contribution in [3.05, 3.63) is 58.6 Å². The fraction of sp³-hybridized carbons (Fsp3) is 0.433. The third-order valence-electron chi connectivity index (χ3n) is 8.08. The highest BCUT2D eigenvalue weighted by molar-refractivity contribution is 5.99. The van der Waals surface area contributed by atoms with Gasteiger partial charge in [-0.1, -0.05) is 43.5 Å². The first-order chi connectivity index (χ1) is 18.6. The molecule has 8 nitrogen and oxygen atoms in total. The number of anilines is 1. The molecule has 198 valence electrons. The largest absolute Gasteiger partial charge is 0.388 e. The van der Waals surface area contributed by atoms with Gasteiger partial charge in [-0.05, 0) is 54.5 Å². The van der Waals surface area contributed by atoms with Crippen LogP contribution in [0.15, 0.2) is 30.3 Å². The van der Waals surface area contributed by atoms with Gasteiger partial charge in [0.15, 0.2) is 5.82 Å². The van der Waals surface area contributed by atoms with E-state index in [1.165, 1.54) is 32.1 Å². The number of benzene rings is 1. The number of pyridine rings is 1. The van der Waals surface area contributed by atoms with Crippen molar-refractivity contribution in [1.82, 2.24) is 19.4 Å². The molecule has 2 aliphatic carbocycles. The van der Waals surface area contributed by atoms with Crippen LogP contribution in [0.25, 0.3) is 28.8 Å². The summed E-state index contributed by atoms with van der Waals surface area (Å²) in [4.78, 5) is 24.4. The number of fused-ring (bicyclic) bond motifs is 3. The maximum Gasteiger partial charge on any atom is 0.254 e. The minimum absolute atomic E-state index is 0.0348. The highest BCUT2D eigenvalue weighted by Crippen LogP contribution is 2.35. The molecule has 0 radical (unpaired) electrons. The van der Waals surface area contributed by atoms with Crippen molar-refractivity contribution in [3.63, 3.8) is 0 Å². The Balaban J connectivity index is 1.39. The van der Waals surface area contributed by atoms with E-state index < -0.39 is 0 Å². The lowest BCUT2D eigenvalue weighted by molar-refractivity contribution is 0.0303. The molecular weight excluding hydrogens is 478 g/mol. The second-order valence-corrected chi connectivity index (χ2v) is 10.6. The highest BCUT2D eigenvalue weighted by Gasteiger charge is 2.24. The Morgan fingerprint density at radius 1 is 1.13 bits per heavy atom. The Labute approximate surface area is 222 Å². The summed E-state index contributed by atoms with van der Waals surface area (Å²) in [6, 6.07) is 7.83. The SMILES string of the molecule is Nc1nc2c(c3c1nc(CO)n3CC1CCCCC1)C=CCC(c1cccc(C(=O)N3CCOCC3)c1)=C2. The van der Waals surface area contributed by atoms with E-state index in [1.54, 1.807) is 0 Å². The predicted octanol–water partition coefficient (Wildman–Crippen LogP) is 4.52. The minimum atomic E-state index is -0.135. The summed E-state index contributed by atoms with van der Waals surface area (Å²) in [5.41, 5.74) is 12.6. The van der Waals surface area contributed by atoms with E-state index in [0.29, 0.717) is 61.4 Å². The monoisotopic (exact) mass is 513 g/mol. The van der Waals surface area contributed by atoms with E-state index in [1.807, 2.05) is 29.2 Å². The Kier molecular flexibility index (Phi) is 7.00. The van der Waals surface area contributed by atoms with Crippen molar-refractivity contribution in [2.45, 2.75) is 51.7 Å². The second-order valence-electron chi connectivity index (χ2n) is 10.6. The van der Waals surface area contributed by atoms with E-state index in [9.17, 15) is 9.90 Å². The number of allylic oxidation sites excluding steroid dienone is 2. The first-order valence-corrected chi connectivity index (χ1v) is 13.8. The number of hydrogen-bond donors (Lipinski definition) is 2. The van der Waals surface area contributed by atoms with Crippen LogP contribution in [0.4, 0.5) is 5.82 Å². The van der Waals surface area contributed by atoms with Crippen molar-refractivity contribution in [2.75, 3.05) is 32.0 Å². The van der Waals surface area contributed by atoms with Gasteiger partial charge in [0.05, 0.1) is 24.4 Å². The third-order valence-corrected chi connectivity index (χ3v) is 8.08. The van der Waals surface area contributed by atoms with Crippen LogP contribution in [0.3, 0.4) is 0 Å². The maximum atomic E-state index is 13.1. The number of aromatic nitrogens is 3. The smallest absolute Gasteiger partial charge is 0.254 e. The van der Waals surface area contributed by atoms with Crippen LogP contribution in [-0.2, 0) is 17.9 Å². The van der Waals surface area contributed by atoms with Crippen molar-refractivity contribution < 1.29 is 14.6 Å². The normalized spacial score (nSPS) is 18.3. The van der Waals surface area contributed by atoms with Gasteiger partial charge in [0.1, 0.15) is 17.9 Å². The Morgan fingerprint density at radius 2 is 1.95 bits per heavy atom. The van der Waals surface area contributed by atoms with Crippen molar-refractivity contribution in [1.29, 1.82) is 0 Å². The number of imidazole rings is 1. The number of nitrogen functional groups attached to an aromatic ring is 1. The van der Waals surface area contributed by atoms with E-state index in [4.69, 9.17) is 20.4 Å². The molecule has 6 rings (SSSR count). The molecule has 3 aromatic rings. The van der Waals surface area contributed by atoms with Gasteiger partial charge >= 0.3 is 0 Å². The Hall–Kier alpha value is -3.49. The van der Waals surface area contributed by atoms with Crippen LogP contribution in [0, 0.1) is 5.92 Å². The van der Waals surface area contributed by atoms with Gasteiger partial charge < -0.3 is 25.0 Å². The van der Waals surface area contributed by atoms with Crippen molar-refractivity contribution in [2.24, 2.45) is 5.92 Å². The van der Waals surface area contributed by atoms with Gasteiger partial charge in [0.2, 0.25) is 0 Å². The summed E-state index contributed by atoms with van der Waals surface area (Å²) in [6.45, 7) is 3.09. The standard InChI is InChI=1S/C30H35N5O3/c31-29-27-28(35(26(19-36)33-27)18-20-6-2-1-3-7-20)24-11-5-9-22(17-25(24)32-29)21-8-4-10-23(16-21)30(37)34-12-14-38-15-13-34/h4-5,8,10-11,16-17,20,36H,1-3,6-7,9,12-15,18-19H2,(H2,31,32). The third kappa shape index (κ3) is 4.74. The first-order valence-electron chi connectivity index (χ1n) is 13.8. The second kappa shape index (κ2) is 10.7. The molecule has 0 spiro atoms. The lowest BCUT2D eigenvalue weighted by atomic mass is 9.89. The van der Waals surface area contributed by atoms with E-state index >= 15 is 0 Å².